The zero-order chi connectivity index (χ0) is 16.2. The normalized spacial score (nSPS) is 16.3. The van der Waals surface area contributed by atoms with Crippen molar-refractivity contribution in [1.82, 2.24) is 0 Å². The van der Waals surface area contributed by atoms with Crippen LogP contribution in [0.3, 0.4) is 0 Å². The molecule has 1 aliphatic heterocycles. The molecule has 0 saturated carbocycles. The van der Waals surface area contributed by atoms with E-state index >= 15 is 0 Å². The van der Waals surface area contributed by atoms with Gasteiger partial charge in [0.15, 0.2) is 0 Å². The van der Waals surface area contributed by atoms with Crippen LogP contribution in [0.25, 0.3) is 0 Å². The number of carbonyl (C=O) groups excluding carboxylic acids is 1. The molecule has 1 unspecified atom stereocenters. The van der Waals surface area contributed by atoms with Gasteiger partial charge in [-0.15, -0.1) is 0 Å². The molecule has 1 aliphatic rings. The van der Waals surface area contributed by atoms with E-state index in [9.17, 15) is 4.79 Å². The zero-order valence-electron chi connectivity index (χ0n) is 12.6. The average molecular weight is 364 g/mol. The lowest BCUT2D eigenvalue weighted by Gasteiger charge is -2.17. The van der Waals surface area contributed by atoms with E-state index in [2.05, 4.69) is 36.4 Å². The molecule has 2 aromatic rings. The fourth-order valence-corrected chi connectivity index (χ4v) is 5.36. The SMILES string of the molecule is NC(=O)CCCSC1Cc2cc(Cl)ccc2Sc2ccccc21. The number of primary amides is 1. The summed E-state index contributed by atoms with van der Waals surface area (Å²) in [5.74, 6) is 0.710. The molecule has 0 saturated heterocycles. The standard InChI is InChI=1S/C18H18ClNOS2/c19-13-7-8-15-12(10-13)11-17(22-9-3-6-18(20)21)14-4-1-2-5-16(14)23-15/h1-2,4-5,7-8,10,17H,3,6,9,11H2,(H2,20,21). The molecule has 1 atom stereocenters. The second kappa shape index (κ2) is 7.65. The quantitative estimate of drug-likeness (QED) is 0.752. The summed E-state index contributed by atoms with van der Waals surface area (Å²) in [5, 5.41) is 1.17. The highest BCUT2D eigenvalue weighted by Crippen LogP contribution is 2.46. The molecule has 1 heterocycles. The van der Waals surface area contributed by atoms with Crippen LogP contribution >= 0.6 is 35.1 Å². The van der Waals surface area contributed by atoms with E-state index in [1.165, 1.54) is 20.9 Å². The summed E-state index contributed by atoms with van der Waals surface area (Å²) in [4.78, 5) is 13.5. The summed E-state index contributed by atoms with van der Waals surface area (Å²) in [6.45, 7) is 0. The summed E-state index contributed by atoms with van der Waals surface area (Å²) in [7, 11) is 0. The second-order valence-electron chi connectivity index (χ2n) is 5.53. The van der Waals surface area contributed by atoms with E-state index in [4.69, 9.17) is 17.3 Å². The molecule has 2 N–H and O–H groups in total. The molecular formula is C18H18ClNOS2. The maximum atomic E-state index is 10.9. The van der Waals surface area contributed by atoms with Gasteiger partial charge in [-0.3, -0.25) is 4.79 Å². The van der Waals surface area contributed by atoms with Crippen LogP contribution < -0.4 is 5.73 Å². The molecule has 0 fully saturated rings. The van der Waals surface area contributed by atoms with Crippen molar-refractivity contribution in [1.29, 1.82) is 0 Å². The van der Waals surface area contributed by atoms with Crippen LogP contribution in [0.2, 0.25) is 5.02 Å². The lowest BCUT2D eigenvalue weighted by atomic mass is 10.0. The van der Waals surface area contributed by atoms with Crippen molar-refractivity contribution < 1.29 is 4.79 Å². The van der Waals surface area contributed by atoms with Crippen LogP contribution in [-0.4, -0.2) is 11.7 Å². The topological polar surface area (TPSA) is 43.1 Å². The molecule has 2 nitrogen and oxygen atoms in total. The summed E-state index contributed by atoms with van der Waals surface area (Å²) in [6.07, 6.45) is 2.24. The number of rotatable bonds is 5. The molecule has 0 bridgehead atoms. The van der Waals surface area contributed by atoms with E-state index in [0.29, 0.717) is 11.7 Å². The van der Waals surface area contributed by atoms with Gasteiger partial charge in [-0.05, 0) is 54.0 Å². The van der Waals surface area contributed by atoms with Crippen molar-refractivity contribution in [2.45, 2.75) is 34.3 Å². The van der Waals surface area contributed by atoms with E-state index in [1.54, 1.807) is 0 Å². The number of thioether (sulfide) groups is 1. The molecule has 2 aromatic carbocycles. The summed E-state index contributed by atoms with van der Waals surface area (Å²) >= 11 is 9.90. The largest absolute Gasteiger partial charge is 0.370 e. The van der Waals surface area contributed by atoms with Crippen molar-refractivity contribution in [3.8, 4) is 0 Å². The van der Waals surface area contributed by atoms with Crippen molar-refractivity contribution >= 4 is 41.0 Å². The molecular weight excluding hydrogens is 346 g/mol. The number of hydrogen-bond acceptors (Lipinski definition) is 3. The number of fused-ring (bicyclic) bond motifs is 2. The summed E-state index contributed by atoms with van der Waals surface area (Å²) in [5.41, 5.74) is 7.89. The third kappa shape index (κ3) is 4.25. The van der Waals surface area contributed by atoms with Gasteiger partial charge in [-0.25, -0.2) is 0 Å². The lowest BCUT2D eigenvalue weighted by molar-refractivity contribution is -0.118. The maximum absolute atomic E-state index is 10.9. The Kier molecular flexibility index (Phi) is 5.57. The molecule has 23 heavy (non-hydrogen) atoms. The Morgan fingerprint density at radius 3 is 2.91 bits per heavy atom. The first-order valence-electron chi connectivity index (χ1n) is 7.58. The first-order valence-corrected chi connectivity index (χ1v) is 9.83. The first kappa shape index (κ1) is 16.7. The van der Waals surface area contributed by atoms with Crippen LogP contribution in [0.4, 0.5) is 0 Å². The Morgan fingerprint density at radius 2 is 2.09 bits per heavy atom. The van der Waals surface area contributed by atoms with Gasteiger partial charge in [0.2, 0.25) is 5.91 Å². The Morgan fingerprint density at radius 1 is 1.26 bits per heavy atom. The predicted octanol–water partition coefficient (Wildman–Crippen LogP) is 5.09. The molecule has 3 rings (SSSR count). The van der Waals surface area contributed by atoms with Gasteiger partial charge in [0.05, 0.1) is 0 Å². The summed E-state index contributed by atoms with van der Waals surface area (Å²) in [6, 6.07) is 14.7. The molecule has 0 aromatic heterocycles. The van der Waals surface area contributed by atoms with Gasteiger partial charge in [-0.2, -0.15) is 11.8 Å². The zero-order valence-corrected chi connectivity index (χ0v) is 15.0. The van der Waals surface area contributed by atoms with Crippen LogP contribution in [0.15, 0.2) is 52.3 Å². The van der Waals surface area contributed by atoms with Gasteiger partial charge in [0, 0.05) is 26.5 Å². The fraction of sp³-hybridized carbons (Fsp3) is 0.278. The third-order valence-electron chi connectivity index (χ3n) is 3.80. The highest BCUT2D eigenvalue weighted by atomic mass is 35.5. The van der Waals surface area contributed by atoms with Gasteiger partial charge >= 0.3 is 0 Å². The number of benzene rings is 2. The van der Waals surface area contributed by atoms with E-state index in [0.717, 1.165) is 23.6 Å². The average Bonchev–Trinajstić information content (AvgIpc) is 2.68. The lowest BCUT2D eigenvalue weighted by Crippen LogP contribution is -2.10. The van der Waals surface area contributed by atoms with Crippen LogP contribution in [0, 0.1) is 0 Å². The van der Waals surface area contributed by atoms with Crippen molar-refractivity contribution in [3.63, 3.8) is 0 Å². The van der Waals surface area contributed by atoms with Gasteiger partial charge in [0.1, 0.15) is 0 Å². The minimum Gasteiger partial charge on any atom is -0.370 e. The van der Waals surface area contributed by atoms with E-state index < -0.39 is 0 Å². The molecule has 0 aliphatic carbocycles. The fourth-order valence-electron chi connectivity index (χ4n) is 2.70. The van der Waals surface area contributed by atoms with Gasteiger partial charge < -0.3 is 5.73 Å². The van der Waals surface area contributed by atoms with Crippen molar-refractivity contribution in [3.05, 3.63) is 58.6 Å². The van der Waals surface area contributed by atoms with E-state index in [1.807, 2.05) is 29.6 Å². The Bertz CT molecular complexity index is 720. The Balaban J connectivity index is 1.83. The Hall–Kier alpha value is -1.10. The number of nitrogens with two attached hydrogens (primary N) is 1. The number of halogens is 1. The second-order valence-corrected chi connectivity index (χ2v) is 8.36. The van der Waals surface area contributed by atoms with Crippen molar-refractivity contribution in [2.75, 3.05) is 5.75 Å². The summed E-state index contributed by atoms with van der Waals surface area (Å²) < 4.78 is 0. The van der Waals surface area contributed by atoms with Gasteiger partial charge in [-0.1, -0.05) is 41.6 Å². The highest BCUT2D eigenvalue weighted by molar-refractivity contribution is 8.00. The smallest absolute Gasteiger partial charge is 0.217 e. The minimum atomic E-state index is -0.223. The molecule has 5 heteroatoms. The monoisotopic (exact) mass is 363 g/mol. The van der Waals surface area contributed by atoms with Crippen molar-refractivity contribution in [2.24, 2.45) is 5.73 Å². The highest BCUT2D eigenvalue weighted by Gasteiger charge is 2.22. The number of hydrogen-bond donors (Lipinski definition) is 1. The maximum Gasteiger partial charge on any atom is 0.217 e. The Labute approximate surface area is 150 Å². The minimum absolute atomic E-state index is 0.223. The first-order chi connectivity index (χ1) is 11.1. The van der Waals surface area contributed by atoms with E-state index in [-0.39, 0.29) is 5.91 Å². The molecule has 1 amide bonds. The van der Waals surface area contributed by atoms with Gasteiger partial charge in [0.25, 0.3) is 0 Å². The van der Waals surface area contributed by atoms with Crippen LogP contribution in [-0.2, 0) is 11.2 Å². The molecule has 0 radical (unpaired) electrons. The van der Waals surface area contributed by atoms with Crippen LogP contribution in [0.1, 0.15) is 29.2 Å². The predicted molar refractivity (Wildman–Crippen MR) is 99.3 cm³/mol. The molecule has 120 valence electrons. The number of carbonyl (C=O) groups is 1. The van der Waals surface area contributed by atoms with Crippen LogP contribution in [0.5, 0.6) is 0 Å². The number of amides is 1. The molecule has 0 spiro atoms. The third-order valence-corrected chi connectivity index (χ3v) is 6.59.